The average molecular weight is 366 g/mol. The fraction of sp³-hybridized carbons (Fsp3) is 0.286. The first kappa shape index (κ1) is 18.6. The zero-order chi connectivity index (χ0) is 19.4. The fourth-order valence-corrected chi connectivity index (χ4v) is 3.75. The van der Waals surface area contributed by atoms with Gasteiger partial charge in [0.2, 0.25) is 11.8 Å². The van der Waals surface area contributed by atoms with E-state index in [1.54, 1.807) is 11.9 Å². The SMILES string of the molecule is CN1C(=O)C(CCC(=O)NCC(=O)O)(Cc2ccccc2)c2ccccc21. The van der Waals surface area contributed by atoms with Crippen molar-refractivity contribution in [3.05, 3.63) is 65.7 Å². The molecule has 2 N–H and O–H groups in total. The number of hydrogen-bond donors (Lipinski definition) is 2. The average Bonchev–Trinajstić information content (AvgIpc) is 2.88. The summed E-state index contributed by atoms with van der Waals surface area (Å²) in [6.07, 6.45) is 0.877. The lowest BCUT2D eigenvalue weighted by atomic mass is 9.73. The third kappa shape index (κ3) is 3.69. The molecule has 2 amide bonds. The molecule has 27 heavy (non-hydrogen) atoms. The van der Waals surface area contributed by atoms with Crippen molar-refractivity contribution in [3.8, 4) is 0 Å². The van der Waals surface area contributed by atoms with Crippen LogP contribution in [-0.2, 0) is 26.2 Å². The molecule has 0 fully saturated rings. The van der Waals surface area contributed by atoms with Crippen LogP contribution < -0.4 is 10.2 Å². The number of carboxylic acids is 1. The van der Waals surface area contributed by atoms with Crippen LogP contribution in [0.5, 0.6) is 0 Å². The Morgan fingerprint density at radius 2 is 1.74 bits per heavy atom. The van der Waals surface area contributed by atoms with E-state index in [-0.39, 0.29) is 18.2 Å². The number of carboxylic acid groups (broad SMARTS) is 1. The molecule has 0 saturated heterocycles. The summed E-state index contributed by atoms with van der Waals surface area (Å²) in [6.45, 7) is -0.422. The van der Waals surface area contributed by atoms with Crippen molar-refractivity contribution < 1.29 is 19.5 Å². The number of amides is 2. The number of hydrogen-bond acceptors (Lipinski definition) is 3. The second-order valence-corrected chi connectivity index (χ2v) is 6.80. The molecule has 2 aromatic rings. The second kappa shape index (κ2) is 7.61. The number of carbonyl (C=O) groups is 3. The van der Waals surface area contributed by atoms with Crippen LogP contribution in [0.1, 0.15) is 24.0 Å². The number of rotatable bonds is 7. The Hall–Kier alpha value is -3.15. The molecule has 6 nitrogen and oxygen atoms in total. The quantitative estimate of drug-likeness (QED) is 0.786. The van der Waals surface area contributed by atoms with Gasteiger partial charge in [0.05, 0.1) is 5.41 Å². The van der Waals surface area contributed by atoms with Crippen molar-refractivity contribution >= 4 is 23.5 Å². The van der Waals surface area contributed by atoms with Gasteiger partial charge in [-0.05, 0) is 30.0 Å². The lowest BCUT2D eigenvalue weighted by molar-refractivity contribution is -0.138. The molecule has 2 aromatic carbocycles. The zero-order valence-electron chi connectivity index (χ0n) is 15.1. The van der Waals surface area contributed by atoms with E-state index in [2.05, 4.69) is 5.32 Å². The first-order valence-electron chi connectivity index (χ1n) is 8.84. The van der Waals surface area contributed by atoms with Gasteiger partial charge < -0.3 is 15.3 Å². The number of aliphatic carboxylic acids is 1. The van der Waals surface area contributed by atoms with Crippen molar-refractivity contribution in [1.82, 2.24) is 5.32 Å². The molecule has 1 atom stereocenters. The van der Waals surface area contributed by atoms with E-state index in [1.165, 1.54) is 0 Å². The molecule has 3 rings (SSSR count). The highest BCUT2D eigenvalue weighted by Crippen LogP contribution is 2.46. The van der Waals surface area contributed by atoms with Crippen LogP contribution in [0.3, 0.4) is 0 Å². The summed E-state index contributed by atoms with van der Waals surface area (Å²) in [5, 5.41) is 11.1. The van der Waals surface area contributed by atoms with E-state index in [0.717, 1.165) is 16.8 Å². The molecule has 1 aliphatic heterocycles. The van der Waals surface area contributed by atoms with Gasteiger partial charge in [0.1, 0.15) is 6.54 Å². The normalized spacial score (nSPS) is 18.3. The first-order chi connectivity index (χ1) is 12.9. The van der Waals surface area contributed by atoms with Crippen LogP contribution in [0, 0.1) is 0 Å². The van der Waals surface area contributed by atoms with E-state index in [4.69, 9.17) is 5.11 Å². The van der Waals surface area contributed by atoms with Crippen LogP contribution in [0.15, 0.2) is 54.6 Å². The summed E-state index contributed by atoms with van der Waals surface area (Å²) in [5.41, 5.74) is 1.94. The number of benzene rings is 2. The van der Waals surface area contributed by atoms with E-state index >= 15 is 0 Å². The number of para-hydroxylation sites is 1. The standard InChI is InChI=1S/C21H22N2O4/c1-23-17-10-6-5-9-16(17)21(20(23)27,13-15-7-3-2-4-8-15)12-11-18(24)22-14-19(25)26/h2-10H,11-14H2,1H3,(H,22,24)(H,25,26). The number of nitrogens with one attached hydrogen (secondary N) is 1. The molecule has 0 aromatic heterocycles. The van der Waals surface area contributed by atoms with Gasteiger partial charge in [0.15, 0.2) is 0 Å². The van der Waals surface area contributed by atoms with Gasteiger partial charge in [-0.25, -0.2) is 0 Å². The minimum absolute atomic E-state index is 0.0430. The molecular formula is C21H22N2O4. The number of likely N-dealkylation sites (N-methyl/N-ethyl adjacent to an activating group) is 1. The predicted octanol–water partition coefficient (Wildman–Crippen LogP) is 2.12. The molecule has 1 heterocycles. The Morgan fingerprint density at radius 1 is 1.07 bits per heavy atom. The molecule has 140 valence electrons. The molecule has 0 bridgehead atoms. The maximum Gasteiger partial charge on any atom is 0.322 e. The number of fused-ring (bicyclic) bond motifs is 1. The molecule has 1 unspecified atom stereocenters. The highest BCUT2D eigenvalue weighted by Gasteiger charge is 2.49. The van der Waals surface area contributed by atoms with Crippen LogP contribution in [0.2, 0.25) is 0 Å². The molecule has 0 spiro atoms. The van der Waals surface area contributed by atoms with Gasteiger partial charge >= 0.3 is 5.97 Å². The van der Waals surface area contributed by atoms with Crippen molar-refractivity contribution in [2.75, 3.05) is 18.5 Å². The van der Waals surface area contributed by atoms with Crippen molar-refractivity contribution in [3.63, 3.8) is 0 Å². The maximum absolute atomic E-state index is 13.3. The van der Waals surface area contributed by atoms with E-state index in [9.17, 15) is 14.4 Å². The molecule has 1 aliphatic rings. The Kier molecular flexibility index (Phi) is 5.26. The fourth-order valence-electron chi connectivity index (χ4n) is 3.75. The molecule has 0 radical (unpaired) electrons. The largest absolute Gasteiger partial charge is 0.480 e. The van der Waals surface area contributed by atoms with Crippen molar-refractivity contribution in [1.29, 1.82) is 0 Å². The van der Waals surface area contributed by atoms with Crippen LogP contribution in [0.25, 0.3) is 0 Å². The van der Waals surface area contributed by atoms with Crippen LogP contribution in [-0.4, -0.2) is 36.5 Å². The van der Waals surface area contributed by atoms with Gasteiger partial charge in [0.25, 0.3) is 0 Å². The molecular weight excluding hydrogens is 344 g/mol. The second-order valence-electron chi connectivity index (χ2n) is 6.80. The Morgan fingerprint density at radius 3 is 2.44 bits per heavy atom. The molecule has 6 heteroatoms. The Balaban J connectivity index is 1.92. The maximum atomic E-state index is 13.3. The monoisotopic (exact) mass is 366 g/mol. The van der Waals surface area contributed by atoms with E-state index in [0.29, 0.717) is 12.8 Å². The smallest absolute Gasteiger partial charge is 0.322 e. The minimum Gasteiger partial charge on any atom is -0.480 e. The van der Waals surface area contributed by atoms with Crippen molar-refractivity contribution in [2.24, 2.45) is 0 Å². The Labute approximate surface area is 157 Å². The lowest BCUT2D eigenvalue weighted by Gasteiger charge is -2.28. The summed E-state index contributed by atoms with van der Waals surface area (Å²) in [7, 11) is 1.75. The van der Waals surface area contributed by atoms with E-state index < -0.39 is 17.9 Å². The Bertz CT molecular complexity index is 865. The van der Waals surface area contributed by atoms with Gasteiger partial charge in [-0.1, -0.05) is 48.5 Å². The molecule has 0 aliphatic carbocycles. The van der Waals surface area contributed by atoms with Gasteiger partial charge in [-0.3, -0.25) is 14.4 Å². The summed E-state index contributed by atoms with van der Waals surface area (Å²) >= 11 is 0. The van der Waals surface area contributed by atoms with Gasteiger partial charge in [-0.2, -0.15) is 0 Å². The summed E-state index contributed by atoms with van der Waals surface area (Å²) < 4.78 is 0. The first-order valence-corrected chi connectivity index (χ1v) is 8.84. The zero-order valence-corrected chi connectivity index (χ0v) is 15.1. The summed E-state index contributed by atoms with van der Waals surface area (Å²) in [4.78, 5) is 37.7. The summed E-state index contributed by atoms with van der Waals surface area (Å²) in [6, 6.07) is 17.4. The highest BCUT2D eigenvalue weighted by molar-refractivity contribution is 6.08. The summed E-state index contributed by atoms with van der Waals surface area (Å²) in [5.74, 6) is -1.51. The third-order valence-electron chi connectivity index (χ3n) is 5.06. The minimum atomic E-state index is -1.09. The lowest BCUT2D eigenvalue weighted by Crippen LogP contribution is -2.42. The highest BCUT2D eigenvalue weighted by atomic mass is 16.4. The van der Waals surface area contributed by atoms with Gasteiger partial charge in [-0.15, -0.1) is 0 Å². The number of anilines is 1. The number of carbonyl (C=O) groups excluding carboxylic acids is 2. The van der Waals surface area contributed by atoms with E-state index in [1.807, 2.05) is 54.6 Å². The number of nitrogens with zero attached hydrogens (tertiary/aromatic N) is 1. The van der Waals surface area contributed by atoms with Crippen LogP contribution in [0.4, 0.5) is 5.69 Å². The van der Waals surface area contributed by atoms with Gasteiger partial charge in [0, 0.05) is 19.2 Å². The third-order valence-corrected chi connectivity index (χ3v) is 5.06. The topological polar surface area (TPSA) is 86.7 Å². The molecule has 0 saturated carbocycles. The van der Waals surface area contributed by atoms with Crippen molar-refractivity contribution in [2.45, 2.75) is 24.7 Å². The predicted molar refractivity (Wildman–Crippen MR) is 102 cm³/mol. The van der Waals surface area contributed by atoms with Crippen LogP contribution >= 0.6 is 0 Å².